The second-order valence-corrected chi connectivity index (χ2v) is 5.20. The van der Waals surface area contributed by atoms with Gasteiger partial charge in [-0.05, 0) is 31.4 Å². The van der Waals surface area contributed by atoms with Gasteiger partial charge in [0.25, 0.3) is 0 Å². The van der Waals surface area contributed by atoms with Crippen molar-refractivity contribution in [3.8, 4) is 11.5 Å². The van der Waals surface area contributed by atoms with E-state index in [1.54, 1.807) is 18.3 Å². The first-order valence-electron chi connectivity index (χ1n) is 5.88. The third-order valence-corrected chi connectivity index (χ3v) is 3.50. The van der Waals surface area contributed by atoms with Crippen LogP contribution in [0.2, 0.25) is 5.02 Å². The van der Waals surface area contributed by atoms with Gasteiger partial charge < -0.3 is 10.3 Å². The number of rotatable bonds is 3. The normalized spacial score (nSPS) is 17.4. The molecule has 1 fully saturated rings. The molecule has 2 heterocycles. The minimum Gasteiger partial charge on any atom is -0.339 e. The van der Waals surface area contributed by atoms with E-state index < -0.39 is 0 Å². The highest BCUT2D eigenvalue weighted by molar-refractivity contribution is 6.30. The van der Waals surface area contributed by atoms with E-state index >= 15 is 0 Å². The molecule has 6 heteroatoms. The molecule has 0 radical (unpaired) electrons. The number of aromatic nitrogens is 3. The number of hydrogen-bond acceptors (Lipinski definition) is 5. The van der Waals surface area contributed by atoms with Crippen LogP contribution in [-0.2, 0) is 6.42 Å². The van der Waals surface area contributed by atoms with E-state index in [9.17, 15) is 0 Å². The number of nitrogens with zero attached hydrogens (tertiary/aromatic N) is 3. The van der Waals surface area contributed by atoms with Crippen molar-refractivity contribution in [3.05, 3.63) is 29.2 Å². The summed E-state index contributed by atoms with van der Waals surface area (Å²) < 4.78 is 5.21. The van der Waals surface area contributed by atoms with Crippen LogP contribution in [0.15, 0.2) is 22.9 Å². The van der Waals surface area contributed by atoms with Gasteiger partial charge in [-0.3, -0.25) is 4.98 Å². The van der Waals surface area contributed by atoms with Crippen molar-refractivity contribution in [2.75, 3.05) is 0 Å². The largest absolute Gasteiger partial charge is 0.339 e. The zero-order valence-electron chi connectivity index (χ0n) is 9.77. The summed E-state index contributed by atoms with van der Waals surface area (Å²) in [5.41, 5.74) is 6.63. The molecule has 0 saturated heterocycles. The number of halogens is 1. The highest BCUT2D eigenvalue weighted by atomic mass is 35.5. The lowest BCUT2D eigenvalue weighted by Gasteiger charge is -2.36. The van der Waals surface area contributed by atoms with Crippen LogP contribution in [0, 0.1) is 0 Å². The predicted octanol–water partition coefficient (Wildman–Crippen LogP) is 2.21. The molecule has 0 amide bonds. The molecule has 5 nitrogen and oxygen atoms in total. The van der Waals surface area contributed by atoms with Crippen molar-refractivity contribution in [1.82, 2.24) is 15.1 Å². The topological polar surface area (TPSA) is 77.8 Å². The summed E-state index contributed by atoms with van der Waals surface area (Å²) in [6.45, 7) is 0. The van der Waals surface area contributed by atoms with Crippen LogP contribution >= 0.6 is 11.6 Å². The van der Waals surface area contributed by atoms with E-state index in [0.717, 1.165) is 12.8 Å². The standard InChI is InChI=1S/C12H13ClN4O/c13-8-2-3-9(15-7-8)11-16-10(18-17-11)6-12(14)4-1-5-12/h2-3,7H,1,4-6,14H2. The van der Waals surface area contributed by atoms with Crippen molar-refractivity contribution < 1.29 is 4.52 Å². The number of nitrogens with two attached hydrogens (primary N) is 1. The minimum absolute atomic E-state index is 0.156. The Bertz CT molecular complexity index is 547. The van der Waals surface area contributed by atoms with Crippen molar-refractivity contribution >= 4 is 11.6 Å². The molecule has 1 saturated carbocycles. The van der Waals surface area contributed by atoms with Gasteiger partial charge in [-0.2, -0.15) is 4.98 Å². The van der Waals surface area contributed by atoms with Gasteiger partial charge in [-0.1, -0.05) is 16.8 Å². The predicted molar refractivity (Wildman–Crippen MR) is 67.0 cm³/mol. The lowest BCUT2D eigenvalue weighted by Crippen LogP contribution is -2.48. The molecule has 0 aromatic carbocycles. The Hall–Kier alpha value is -1.46. The summed E-state index contributed by atoms with van der Waals surface area (Å²) in [5, 5.41) is 4.49. The quantitative estimate of drug-likeness (QED) is 0.920. The lowest BCUT2D eigenvalue weighted by molar-refractivity contribution is 0.222. The van der Waals surface area contributed by atoms with Crippen molar-refractivity contribution in [3.63, 3.8) is 0 Å². The van der Waals surface area contributed by atoms with Gasteiger partial charge >= 0.3 is 0 Å². The molecule has 2 aromatic heterocycles. The molecular weight excluding hydrogens is 252 g/mol. The minimum atomic E-state index is -0.156. The Morgan fingerprint density at radius 2 is 2.22 bits per heavy atom. The van der Waals surface area contributed by atoms with Gasteiger partial charge in [-0.15, -0.1) is 0 Å². The van der Waals surface area contributed by atoms with Gasteiger partial charge in [-0.25, -0.2) is 0 Å². The highest BCUT2D eigenvalue weighted by Crippen LogP contribution is 2.32. The van der Waals surface area contributed by atoms with Gasteiger partial charge in [0, 0.05) is 18.2 Å². The first-order valence-corrected chi connectivity index (χ1v) is 6.26. The third kappa shape index (κ3) is 2.23. The summed E-state index contributed by atoms with van der Waals surface area (Å²) in [6, 6.07) is 3.51. The monoisotopic (exact) mass is 264 g/mol. The van der Waals surface area contributed by atoms with Crippen LogP contribution < -0.4 is 5.73 Å². The zero-order valence-corrected chi connectivity index (χ0v) is 10.5. The third-order valence-electron chi connectivity index (χ3n) is 3.28. The van der Waals surface area contributed by atoms with E-state index in [0.29, 0.717) is 28.9 Å². The molecule has 0 atom stereocenters. The zero-order chi connectivity index (χ0) is 12.6. The maximum atomic E-state index is 6.14. The van der Waals surface area contributed by atoms with Gasteiger partial charge in [0.1, 0.15) is 5.69 Å². The van der Waals surface area contributed by atoms with Crippen LogP contribution in [0.4, 0.5) is 0 Å². The molecule has 1 aliphatic rings. The fraction of sp³-hybridized carbons (Fsp3) is 0.417. The molecule has 2 aromatic rings. The highest BCUT2D eigenvalue weighted by Gasteiger charge is 2.34. The maximum Gasteiger partial charge on any atom is 0.228 e. The Labute approximate surface area is 109 Å². The molecule has 2 N–H and O–H groups in total. The van der Waals surface area contributed by atoms with Crippen molar-refractivity contribution in [1.29, 1.82) is 0 Å². The van der Waals surface area contributed by atoms with Gasteiger partial charge in [0.05, 0.1) is 5.02 Å². The Balaban J connectivity index is 1.78. The average molecular weight is 265 g/mol. The SMILES string of the molecule is NC1(Cc2nc(-c3ccc(Cl)cn3)no2)CCC1. The average Bonchev–Trinajstić information content (AvgIpc) is 2.76. The van der Waals surface area contributed by atoms with Crippen molar-refractivity contribution in [2.24, 2.45) is 5.73 Å². The summed E-state index contributed by atoms with van der Waals surface area (Å²) >= 11 is 5.77. The molecule has 0 bridgehead atoms. The van der Waals surface area contributed by atoms with Gasteiger partial charge in [0.15, 0.2) is 0 Å². The Morgan fingerprint density at radius 3 is 2.83 bits per heavy atom. The Morgan fingerprint density at radius 1 is 1.39 bits per heavy atom. The lowest BCUT2D eigenvalue weighted by atomic mass is 9.75. The van der Waals surface area contributed by atoms with Crippen LogP contribution in [-0.4, -0.2) is 20.7 Å². The molecule has 0 aliphatic heterocycles. The molecule has 1 aliphatic carbocycles. The van der Waals surface area contributed by atoms with Crippen LogP contribution in [0.3, 0.4) is 0 Å². The smallest absolute Gasteiger partial charge is 0.228 e. The van der Waals surface area contributed by atoms with E-state index in [1.165, 1.54) is 6.42 Å². The summed E-state index contributed by atoms with van der Waals surface area (Å²) in [4.78, 5) is 8.46. The maximum absolute atomic E-state index is 6.14. The molecule has 3 rings (SSSR count). The molecule has 94 valence electrons. The first-order chi connectivity index (χ1) is 8.65. The molecule has 0 unspecified atom stereocenters. The summed E-state index contributed by atoms with van der Waals surface area (Å²) in [7, 11) is 0. The summed E-state index contributed by atoms with van der Waals surface area (Å²) in [6.07, 6.45) is 5.40. The van der Waals surface area contributed by atoms with Crippen LogP contribution in [0.1, 0.15) is 25.2 Å². The van der Waals surface area contributed by atoms with E-state index in [2.05, 4.69) is 15.1 Å². The van der Waals surface area contributed by atoms with Crippen molar-refractivity contribution in [2.45, 2.75) is 31.2 Å². The fourth-order valence-corrected chi connectivity index (χ4v) is 2.16. The van der Waals surface area contributed by atoms with Gasteiger partial charge in [0.2, 0.25) is 11.7 Å². The Kier molecular flexibility index (Phi) is 2.80. The number of pyridine rings is 1. The molecule has 0 spiro atoms. The van der Waals surface area contributed by atoms with Crippen LogP contribution in [0.25, 0.3) is 11.5 Å². The summed E-state index contributed by atoms with van der Waals surface area (Å²) in [5.74, 6) is 1.05. The van der Waals surface area contributed by atoms with E-state index in [4.69, 9.17) is 21.9 Å². The first kappa shape index (κ1) is 11.6. The van der Waals surface area contributed by atoms with Crippen LogP contribution in [0.5, 0.6) is 0 Å². The van der Waals surface area contributed by atoms with E-state index in [1.807, 2.05) is 0 Å². The number of hydrogen-bond donors (Lipinski definition) is 1. The second-order valence-electron chi connectivity index (χ2n) is 4.77. The van der Waals surface area contributed by atoms with E-state index in [-0.39, 0.29) is 5.54 Å². The molecular formula is C12H13ClN4O. The molecule has 18 heavy (non-hydrogen) atoms. The fourth-order valence-electron chi connectivity index (χ4n) is 2.05. The second kappa shape index (κ2) is 4.33.